The number of aryl methyl sites for hydroxylation is 1. The van der Waals surface area contributed by atoms with E-state index in [1.165, 1.54) is 5.56 Å². The molecule has 0 aromatic heterocycles. The number of amidine groups is 2. The summed E-state index contributed by atoms with van der Waals surface area (Å²) in [6.07, 6.45) is 0.966. The molecule has 1 heterocycles. The molecule has 0 unspecified atom stereocenters. The van der Waals surface area contributed by atoms with Gasteiger partial charge in [0.05, 0.1) is 0 Å². The van der Waals surface area contributed by atoms with E-state index >= 15 is 0 Å². The molecular weight excluding hydrogens is 162 g/mol. The van der Waals surface area contributed by atoms with Gasteiger partial charge in [-0.15, -0.1) is 0 Å². The number of fused-ring (bicyclic) bond motifs is 1. The molecule has 3 N–H and O–H groups in total. The smallest absolute Gasteiger partial charge is 0.131 e. The molecule has 1 aromatic rings. The molecule has 3 nitrogen and oxygen atoms in total. The van der Waals surface area contributed by atoms with Gasteiger partial charge in [0.15, 0.2) is 0 Å². The van der Waals surface area contributed by atoms with Gasteiger partial charge in [-0.3, -0.25) is 10.8 Å². The van der Waals surface area contributed by atoms with E-state index in [0.717, 1.165) is 17.5 Å². The first kappa shape index (κ1) is 7.98. The highest BCUT2D eigenvalue weighted by atomic mass is 15.0. The maximum Gasteiger partial charge on any atom is 0.131 e. The first-order chi connectivity index (χ1) is 6.22. The Bertz CT molecular complexity index is 393. The molecule has 1 aromatic carbocycles. The molecule has 0 atom stereocenters. The van der Waals surface area contributed by atoms with Crippen molar-refractivity contribution in [2.75, 3.05) is 0 Å². The molecule has 3 heteroatoms. The van der Waals surface area contributed by atoms with Crippen LogP contribution in [0.3, 0.4) is 0 Å². The fourth-order valence-electron chi connectivity index (χ4n) is 1.50. The summed E-state index contributed by atoms with van der Waals surface area (Å²) in [5, 5.41) is 17.8. The highest BCUT2D eigenvalue weighted by molar-refractivity contribution is 6.23. The van der Waals surface area contributed by atoms with Crippen molar-refractivity contribution >= 4 is 11.7 Å². The fraction of sp³-hybridized carbons (Fsp3) is 0.200. The molecular formula is C10H11N3. The van der Waals surface area contributed by atoms with E-state index in [-0.39, 0.29) is 0 Å². The highest BCUT2D eigenvalue weighted by Gasteiger charge is 2.20. The number of hydrogen-bond acceptors (Lipinski definition) is 2. The minimum Gasteiger partial charge on any atom is -0.325 e. The van der Waals surface area contributed by atoms with Crippen molar-refractivity contribution in [3.63, 3.8) is 0 Å². The summed E-state index contributed by atoms with van der Waals surface area (Å²) in [5.41, 5.74) is 2.89. The van der Waals surface area contributed by atoms with E-state index in [1.54, 1.807) is 0 Å². The average Bonchev–Trinajstić information content (AvgIpc) is 2.42. The van der Waals surface area contributed by atoms with Gasteiger partial charge in [-0.2, -0.15) is 0 Å². The van der Waals surface area contributed by atoms with E-state index in [0.29, 0.717) is 11.7 Å². The van der Waals surface area contributed by atoms with Crippen molar-refractivity contribution < 1.29 is 0 Å². The highest BCUT2D eigenvalue weighted by Crippen LogP contribution is 2.17. The summed E-state index contributed by atoms with van der Waals surface area (Å²) in [6.45, 7) is 2.08. The van der Waals surface area contributed by atoms with Gasteiger partial charge in [0, 0.05) is 11.1 Å². The van der Waals surface area contributed by atoms with Crippen LogP contribution in [0, 0.1) is 10.8 Å². The SMILES string of the molecule is CCc1ccc2c(c1)C(=N)NC2=N. The Hall–Kier alpha value is -1.64. The van der Waals surface area contributed by atoms with E-state index in [2.05, 4.69) is 12.2 Å². The van der Waals surface area contributed by atoms with Gasteiger partial charge < -0.3 is 5.32 Å². The summed E-state index contributed by atoms with van der Waals surface area (Å²) in [6, 6.07) is 5.89. The lowest BCUT2D eigenvalue weighted by molar-refractivity contribution is 1.14. The zero-order valence-corrected chi connectivity index (χ0v) is 7.44. The van der Waals surface area contributed by atoms with Crippen molar-refractivity contribution in [2.24, 2.45) is 0 Å². The Morgan fingerprint density at radius 3 is 2.54 bits per heavy atom. The zero-order chi connectivity index (χ0) is 9.42. The molecule has 1 aliphatic rings. The maximum absolute atomic E-state index is 7.58. The van der Waals surface area contributed by atoms with Crippen LogP contribution in [0.5, 0.6) is 0 Å². The second-order valence-corrected chi connectivity index (χ2v) is 3.11. The molecule has 0 spiro atoms. The summed E-state index contributed by atoms with van der Waals surface area (Å²) >= 11 is 0. The molecule has 0 aliphatic carbocycles. The monoisotopic (exact) mass is 173 g/mol. The van der Waals surface area contributed by atoms with Gasteiger partial charge in [0.1, 0.15) is 11.7 Å². The molecule has 13 heavy (non-hydrogen) atoms. The third kappa shape index (κ3) is 1.13. The number of rotatable bonds is 1. The Labute approximate surface area is 76.8 Å². The molecule has 1 aliphatic heterocycles. The third-order valence-electron chi connectivity index (χ3n) is 2.28. The van der Waals surface area contributed by atoms with E-state index in [1.807, 2.05) is 18.2 Å². The van der Waals surface area contributed by atoms with Crippen LogP contribution < -0.4 is 5.32 Å². The second kappa shape index (κ2) is 2.69. The minimum atomic E-state index is 0.336. The van der Waals surface area contributed by atoms with Crippen molar-refractivity contribution in [1.29, 1.82) is 10.8 Å². The number of nitrogens with one attached hydrogen (secondary N) is 3. The van der Waals surface area contributed by atoms with E-state index in [4.69, 9.17) is 10.8 Å². The van der Waals surface area contributed by atoms with E-state index < -0.39 is 0 Å². The predicted molar refractivity (Wildman–Crippen MR) is 52.6 cm³/mol. The summed E-state index contributed by atoms with van der Waals surface area (Å²) < 4.78 is 0. The lowest BCUT2D eigenvalue weighted by atomic mass is 10.0. The standard InChI is InChI=1S/C10H11N3/c1-2-6-3-4-7-8(5-6)10(12)13-9(7)11/h3-5H,2H2,1H3,(H3,11,12,13). The van der Waals surface area contributed by atoms with Gasteiger partial charge >= 0.3 is 0 Å². The molecule has 2 rings (SSSR count). The molecule has 66 valence electrons. The first-order valence-electron chi connectivity index (χ1n) is 4.30. The zero-order valence-electron chi connectivity index (χ0n) is 7.44. The fourth-order valence-corrected chi connectivity index (χ4v) is 1.50. The van der Waals surface area contributed by atoms with Crippen molar-refractivity contribution in [2.45, 2.75) is 13.3 Å². The molecule has 0 bridgehead atoms. The van der Waals surface area contributed by atoms with Crippen LogP contribution in [-0.4, -0.2) is 11.7 Å². The lowest BCUT2D eigenvalue weighted by Gasteiger charge is -1.99. The number of benzene rings is 1. The van der Waals surface area contributed by atoms with E-state index in [9.17, 15) is 0 Å². The van der Waals surface area contributed by atoms with Crippen LogP contribution in [0.25, 0.3) is 0 Å². The molecule has 0 fully saturated rings. The molecule has 0 saturated carbocycles. The van der Waals surface area contributed by atoms with Gasteiger partial charge in [-0.1, -0.05) is 19.1 Å². The molecule has 0 amide bonds. The predicted octanol–water partition coefficient (Wildman–Crippen LogP) is 1.50. The van der Waals surface area contributed by atoms with Crippen molar-refractivity contribution in [3.8, 4) is 0 Å². The topological polar surface area (TPSA) is 59.7 Å². The first-order valence-corrected chi connectivity index (χ1v) is 4.30. The van der Waals surface area contributed by atoms with Crippen LogP contribution >= 0.6 is 0 Å². The van der Waals surface area contributed by atoms with Crippen LogP contribution in [0.2, 0.25) is 0 Å². The molecule has 0 saturated heterocycles. The summed E-state index contributed by atoms with van der Waals surface area (Å²) in [7, 11) is 0. The average molecular weight is 173 g/mol. The Morgan fingerprint density at radius 1 is 1.15 bits per heavy atom. The van der Waals surface area contributed by atoms with Gasteiger partial charge in [0.25, 0.3) is 0 Å². The second-order valence-electron chi connectivity index (χ2n) is 3.11. The third-order valence-corrected chi connectivity index (χ3v) is 2.28. The number of hydrogen-bond donors (Lipinski definition) is 3. The quantitative estimate of drug-likeness (QED) is 0.592. The van der Waals surface area contributed by atoms with Crippen LogP contribution in [-0.2, 0) is 6.42 Å². The lowest BCUT2D eigenvalue weighted by Crippen LogP contribution is -2.20. The molecule has 0 radical (unpaired) electrons. The van der Waals surface area contributed by atoms with Crippen LogP contribution in [0.1, 0.15) is 23.6 Å². The Kier molecular flexibility index (Phi) is 1.65. The van der Waals surface area contributed by atoms with Gasteiger partial charge in [0.2, 0.25) is 0 Å². The Morgan fingerprint density at radius 2 is 1.85 bits per heavy atom. The summed E-state index contributed by atoms with van der Waals surface area (Å²) in [4.78, 5) is 0. The summed E-state index contributed by atoms with van der Waals surface area (Å²) in [5.74, 6) is 0.679. The van der Waals surface area contributed by atoms with Crippen molar-refractivity contribution in [1.82, 2.24) is 5.32 Å². The van der Waals surface area contributed by atoms with Crippen LogP contribution in [0.15, 0.2) is 18.2 Å². The van der Waals surface area contributed by atoms with Crippen LogP contribution in [0.4, 0.5) is 0 Å². The minimum absolute atomic E-state index is 0.336. The van der Waals surface area contributed by atoms with Crippen molar-refractivity contribution in [3.05, 3.63) is 34.9 Å². The Balaban J connectivity index is 2.58. The normalized spacial score (nSPS) is 14.2. The van der Waals surface area contributed by atoms with Gasteiger partial charge in [-0.05, 0) is 18.1 Å². The maximum atomic E-state index is 7.58. The van der Waals surface area contributed by atoms with Gasteiger partial charge in [-0.25, -0.2) is 0 Å². The largest absolute Gasteiger partial charge is 0.325 e.